The number of allylic oxidation sites excluding steroid dienone is 2. The first-order valence-corrected chi connectivity index (χ1v) is 10.5. The molecule has 1 saturated carbocycles. The summed E-state index contributed by atoms with van der Waals surface area (Å²) < 4.78 is 18.0. The highest BCUT2D eigenvalue weighted by Crippen LogP contribution is 2.55. The van der Waals surface area contributed by atoms with Crippen molar-refractivity contribution in [3.05, 3.63) is 77.1 Å². The van der Waals surface area contributed by atoms with E-state index < -0.39 is 24.2 Å². The number of esters is 1. The third-order valence-corrected chi connectivity index (χ3v) is 6.74. The van der Waals surface area contributed by atoms with Crippen LogP contribution in [0.15, 0.2) is 60.2 Å². The molecule has 6 nitrogen and oxygen atoms in total. The van der Waals surface area contributed by atoms with Crippen LogP contribution in [0.2, 0.25) is 0 Å². The number of hydrogen-bond acceptors (Lipinski definition) is 5. The quantitative estimate of drug-likeness (QED) is 0.312. The number of carbonyl (C=O) groups excluding carboxylic acids is 4. The molecule has 0 N–H and O–H groups in total. The van der Waals surface area contributed by atoms with Gasteiger partial charge in [0.15, 0.2) is 12.4 Å². The molecular formula is C25H20FNO5. The molecule has 4 atom stereocenters. The largest absolute Gasteiger partial charge is 0.454 e. The van der Waals surface area contributed by atoms with Gasteiger partial charge in [0.1, 0.15) is 5.82 Å². The fourth-order valence-electron chi connectivity index (χ4n) is 5.21. The van der Waals surface area contributed by atoms with E-state index in [-0.39, 0.29) is 46.6 Å². The number of rotatable bonds is 5. The molecule has 0 spiro atoms. The number of Topliss-reactive ketones (excluding diaryl/α,β-unsaturated/α-hetero) is 1. The van der Waals surface area contributed by atoms with Crippen LogP contribution in [0.25, 0.3) is 0 Å². The molecule has 0 aromatic heterocycles. The number of anilines is 1. The van der Waals surface area contributed by atoms with Gasteiger partial charge in [-0.1, -0.05) is 11.6 Å². The van der Waals surface area contributed by atoms with Gasteiger partial charge in [0.2, 0.25) is 11.8 Å². The summed E-state index contributed by atoms with van der Waals surface area (Å²) in [4.78, 5) is 51.6. The van der Waals surface area contributed by atoms with Crippen LogP contribution in [0.1, 0.15) is 34.1 Å². The number of carbonyl (C=O) groups is 4. The average Bonchev–Trinajstić information content (AvgIpc) is 3.42. The molecule has 0 radical (unpaired) electrons. The van der Waals surface area contributed by atoms with Crippen LogP contribution in [0.4, 0.5) is 10.1 Å². The molecule has 5 rings (SSSR count). The molecule has 32 heavy (non-hydrogen) atoms. The summed E-state index contributed by atoms with van der Waals surface area (Å²) in [5.74, 6) is -2.31. The Kier molecular flexibility index (Phi) is 4.77. The molecule has 2 aromatic rings. The maximum Gasteiger partial charge on any atom is 0.338 e. The van der Waals surface area contributed by atoms with E-state index >= 15 is 0 Å². The molecule has 1 saturated heterocycles. The molecule has 3 aliphatic rings. The first-order chi connectivity index (χ1) is 15.3. The zero-order chi connectivity index (χ0) is 22.6. The highest BCUT2D eigenvalue weighted by atomic mass is 19.1. The van der Waals surface area contributed by atoms with Gasteiger partial charge in [-0.2, -0.15) is 0 Å². The Morgan fingerprint density at radius 2 is 1.59 bits per heavy atom. The lowest BCUT2D eigenvalue weighted by molar-refractivity contribution is -0.123. The minimum Gasteiger partial charge on any atom is -0.454 e. The maximum absolute atomic E-state index is 13.0. The fourth-order valence-corrected chi connectivity index (χ4v) is 5.21. The first kappa shape index (κ1) is 20.3. The average molecular weight is 433 g/mol. The van der Waals surface area contributed by atoms with Crippen LogP contribution >= 0.6 is 0 Å². The smallest absolute Gasteiger partial charge is 0.338 e. The number of amides is 2. The van der Waals surface area contributed by atoms with Gasteiger partial charge in [-0.05, 0) is 73.7 Å². The van der Waals surface area contributed by atoms with E-state index in [1.165, 1.54) is 46.9 Å². The second kappa shape index (κ2) is 7.51. The summed E-state index contributed by atoms with van der Waals surface area (Å²) >= 11 is 0. The molecule has 162 valence electrons. The van der Waals surface area contributed by atoms with Gasteiger partial charge in [-0.15, -0.1) is 0 Å². The Morgan fingerprint density at radius 1 is 0.969 bits per heavy atom. The molecule has 2 bridgehead atoms. The Morgan fingerprint density at radius 3 is 2.28 bits per heavy atom. The summed E-state index contributed by atoms with van der Waals surface area (Å²) in [6, 6.07) is 11.0. The number of benzene rings is 2. The van der Waals surface area contributed by atoms with E-state index in [0.29, 0.717) is 5.69 Å². The molecule has 7 heteroatoms. The van der Waals surface area contributed by atoms with Gasteiger partial charge in [-0.3, -0.25) is 19.3 Å². The van der Waals surface area contributed by atoms with Crippen LogP contribution in [0.5, 0.6) is 0 Å². The van der Waals surface area contributed by atoms with E-state index in [1.54, 1.807) is 0 Å². The third-order valence-electron chi connectivity index (χ3n) is 6.74. The number of ether oxygens (including phenoxy) is 1. The molecule has 2 aliphatic carbocycles. The zero-order valence-electron chi connectivity index (χ0n) is 17.3. The number of ketones is 1. The van der Waals surface area contributed by atoms with Crippen molar-refractivity contribution in [1.29, 1.82) is 0 Å². The first-order valence-electron chi connectivity index (χ1n) is 10.5. The van der Waals surface area contributed by atoms with Crippen molar-refractivity contribution in [2.45, 2.75) is 13.3 Å². The number of imide groups is 1. The summed E-state index contributed by atoms with van der Waals surface area (Å²) in [7, 11) is 0. The predicted molar refractivity (Wildman–Crippen MR) is 112 cm³/mol. The summed E-state index contributed by atoms with van der Waals surface area (Å²) in [5.41, 5.74) is 2.04. The number of halogens is 1. The van der Waals surface area contributed by atoms with Gasteiger partial charge < -0.3 is 4.74 Å². The predicted octanol–water partition coefficient (Wildman–Crippen LogP) is 3.57. The highest BCUT2D eigenvalue weighted by Gasteiger charge is 2.60. The molecule has 2 fully saturated rings. The molecule has 0 unspecified atom stereocenters. The van der Waals surface area contributed by atoms with Crippen molar-refractivity contribution in [2.75, 3.05) is 11.5 Å². The van der Waals surface area contributed by atoms with Gasteiger partial charge in [0, 0.05) is 5.56 Å². The normalized spacial score (nSPS) is 25.7. The van der Waals surface area contributed by atoms with E-state index in [9.17, 15) is 23.6 Å². The standard InChI is InChI=1S/C25H20FNO5/c1-13-10-16-11-19(13)22-21(16)23(29)27(24(22)30)18-8-4-15(5-9-18)25(31)32-12-20(28)14-2-6-17(26)7-3-14/h2-10,16,19,21-22H,11-12H2,1H3/t16-,19-,21-,22-/m1/s1. The minimum atomic E-state index is -0.708. The van der Waals surface area contributed by atoms with Crippen LogP contribution < -0.4 is 4.90 Å². The van der Waals surface area contributed by atoms with Crippen molar-refractivity contribution < 1.29 is 28.3 Å². The molecule has 1 aliphatic heterocycles. The number of fused-ring (bicyclic) bond motifs is 5. The Bertz CT molecular complexity index is 1170. The van der Waals surface area contributed by atoms with E-state index in [0.717, 1.165) is 18.6 Å². The Hall–Kier alpha value is -3.61. The third kappa shape index (κ3) is 3.16. The lowest BCUT2D eigenvalue weighted by Gasteiger charge is -2.19. The highest BCUT2D eigenvalue weighted by molar-refractivity contribution is 6.23. The number of hydrogen-bond donors (Lipinski definition) is 0. The van der Waals surface area contributed by atoms with Crippen molar-refractivity contribution in [3.8, 4) is 0 Å². The van der Waals surface area contributed by atoms with Crippen molar-refractivity contribution in [1.82, 2.24) is 0 Å². The monoisotopic (exact) mass is 433 g/mol. The van der Waals surface area contributed by atoms with Crippen LogP contribution in [0, 0.1) is 29.5 Å². The lowest BCUT2D eigenvalue weighted by Crippen LogP contribution is -2.32. The van der Waals surface area contributed by atoms with E-state index in [4.69, 9.17) is 4.74 Å². The van der Waals surface area contributed by atoms with Crippen LogP contribution in [0.3, 0.4) is 0 Å². The Labute approximate surface area is 183 Å². The van der Waals surface area contributed by atoms with Crippen LogP contribution in [-0.2, 0) is 14.3 Å². The van der Waals surface area contributed by atoms with Crippen molar-refractivity contribution in [2.24, 2.45) is 23.7 Å². The number of nitrogens with zero attached hydrogens (tertiary/aromatic N) is 1. The lowest BCUT2D eigenvalue weighted by atomic mass is 9.82. The second-order valence-electron chi connectivity index (χ2n) is 8.53. The summed E-state index contributed by atoms with van der Waals surface area (Å²) in [6.45, 7) is 1.54. The molecule has 2 amide bonds. The van der Waals surface area contributed by atoms with E-state index in [1.807, 2.05) is 6.92 Å². The summed E-state index contributed by atoms with van der Waals surface area (Å²) in [5, 5.41) is 0. The SMILES string of the molecule is CC1=C[C@@H]2C[C@H]1[C@H]1C(=O)N(c3ccc(C(=O)OCC(=O)c4ccc(F)cc4)cc3)C(=O)[C@@H]12. The zero-order valence-corrected chi connectivity index (χ0v) is 17.3. The van der Waals surface area contributed by atoms with Gasteiger partial charge >= 0.3 is 5.97 Å². The Balaban J connectivity index is 1.25. The second-order valence-corrected chi connectivity index (χ2v) is 8.53. The molecule has 2 aromatic carbocycles. The summed E-state index contributed by atoms with van der Waals surface area (Å²) in [6.07, 6.45) is 2.99. The van der Waals surface area contributed by atoms with Crippen molar-refractivity contribution in [3.63, 3.8) is 0 Å². The molecular weight excluding hydrogens is 413 g/mol. The topological polar surface area (TPSA) is 80.8 Å². The van der Waals surface area contributed by atoms with Crippen molar-refractivity contribution >= 4 is 29.3 Å². The van der Waals surface area contributed by atoms with Gasteiger partial charge in [0.25, 0.3) is 0 Å². The molecule has 1 heterocycles. The maximum atomic E-state index is 13.0. The minimum absolute atomic E-state index is 0.124. The van der Waals surface area contributed by atoms with E-state index in [2.05, 4.69) is 6.08 Å². The van der Waals surface area contributed by atoms with Crippen LogP contribution in [-0.4, -0.2) is 30.2 Å². The fraction of sp³-hybridized carbons (Fsp3) is 0.280. The van der Waals surface area contributed by atoms with Gasteiger partial charge in [-0.25, -0.2) is 9.18 Å². The van der Waals surface area contributed by atoms with Gasteiger partial charge in [0.05, 0.1) is 23.1 Å².